The highest BCUT2D eigenvalue weighted by Gasteiger charge is 2.19. The molecule has 6 aromatic rings. The van der Waals surface area contributed by atoms with Crippen molar-refractivity contribution >= 4 is 44.0 Å². The van der Waals surface area contributed by atoms with E-state index in [9.17, 15) is 0 Å². The molecule has 0 saturated carbocycles. The van der Waals surface area contributed by atoms with Crippen LogP contribution >= 0.6 is 0 Å². The van der Waals surface area contributed by atoms with Gasteiger partial charge in [0.05, 0.1) is 16.7 Å². The molecule has 2 heteroatoms. The van der Waals surface area contributed by atoms with Gasteiger partial charge >= 0.3 is 0 Å². The topological polar surface area (TPSA) is 8.17 Å². The SMILES string of the molecule is CN(c1ccccc1)c1cccc2c3c4ccccc4ccc3n(-c3ccccc3)c12. The van der Waals surface area contributed by atoms with E-state index in [1.807, 2.05) is 0 Å². The zero-order chi connectivity index (χ0) is 20.8. The Morgan fingerprint density at radius 1 is 0.581 bits per heavy atom. The van der Waals surface area contributed by atoms with Gasteiger partial charge in [-0.2, -0.15) is 0 Å². The standard InChI is InChI=1S/C29H22N2/c1-30(22-12-4-2-5-13-22)27-18-10-17-25-28-24-16-9-8-11-21(24)19-20-26(28)31(29(25)27)23-14-6-3-7-15-23/h2-20H,1H3. The third-order valence-electron chi connectivity index (χ3n) is 6.17. The van der Waals surface area contributed by atoms with Gasteiger partial charge in [-0.15, -0.1) is 0 Å². The summed E-state index contributed by atoms with van der Waals surface area (Å²) >= 11 is 0. The van der Waals surface area contributed by atoms with Gasteiger partial charge in [0.25, 0.3) is 0 Å². The minimum atomic E-state index is 1.17. The number of fused-ring (bicyclic) bond motifs is 5. The number of benzene rings is 5. The van der Waals surface area contributed by atoms with E-state index >= 15 is 0 Å². The molecule has 0 aliphatic heterocycles. The van der Waals surface area contributed by atoms with Gasteiger partial charge < -0.3 is 9.47 Å². The lowest BCUT2D eigenvalue weighted by molar-refractivity contribution is 1.15. The molecule has 0 N–H and O–H groups in total. The van der Waals surface area contributed by atoms with E-state index < -0.39 is 0 Å². The molecule has 0 radical (unpaired) electrons. The largest absolute Gasteiger partial charge is 0.343 e. The lowest BCUT2D eigenvalue weighted by Crippen LogP contribution is -2.10. The van der Waals surface area contributed by atoms with Crippen LogP contribution in [-0.2, 0) is 0 Å². The molecule has 6 rings (SSSR count). The van der Waals surface area contributed by atoms with E-state index in [1.54, 1.807) is 0 Å². The summed E-state index contributed by atoms with van der Waals surface area (Å²) in [6.45, 7) is 0. The summed E-state index contributed by atoms with van der Waals surface area (Å²) in [7, 11) is 2.15. The molecule has 0 atom stereocenters. The van der Waals surface area contributed by atoms with Crippen LogP contribution in [0, 0.1) is 0 Å². The van der Waals surface area contributed by atoms with Gasteiger partial charge in [-0.3, -0.25) is 0 Å². The second kappa shape index (κ2) is 7.03. The summed E-state index contributed by atoms with van der Waals surface area (Å²) in [5.41, 5.74) is 5.99. The van der Waals surface area contributed by atoms with E-state index in [-0.39, 0.29) is 0 Å². The zero-order valence-electron chi connectivity index (χ0n) is 17.4. The van der Waals surface area contributed by atoms with Crippen LogP contribution < -0.4 is 4.90 Å². The van der Waals surface area contributed by atoms with Crippen LogP contribution in [0.2, 0.25) is 0 Å². The van der Waals surface area contributed by atoms with Crippen LogP contribution in [0.1, 0.15) is 0 Å². The monoisotopic (exact) mass is 398 g/mol. The zero-order valence-corrected chi connectivity index (χ0v) is 17.4. The maximum atomic E-state index is 2.41. The summed E-state index contributed by atoms with van der Waals surface area (Å²) in [4.78, 5) is 2.28. The van der Waals surface area contributed by atoms with Crippen molar-refractivity contribution in [3.05, 3.63) is 115 Å². The molecule has 0 saturated heterocycles. The molecular formula is C29H22N2. The molecule has 2 nitrogen and oxygen atoms in total. The number of hydrogen-bond acceptors (Lipinski definition) is 1. The number of para-hydroxylation sites is 3. The summed E-state index contributed by atoms with van der Waals surface area (Å²) < 4.78 is 2.41. The summed E-state index contributed by atoms with van der Waals surface area (Å²) in [6.07, 6.45) is 0. The fourth-order valence-corrected chi connectivity index (χ4v) is 4.72. The normalized spacial score (nSPS) is 11.4. The molecule has 1 heterocycles. The third kappa shape index (κ3) is 2.72. The molecule has 0 bridgehead atoms. The van der Waals surface area contributed by atoms with Gasteiger partial charge in [0.15, 0.2) is 0 Å². The Kier molecular flexibility index (Phi) is 4.03. The summed E-state index contributed by atoms with van der Waals surface area (Å²) in [6, 6.07) is 41.0. The smallest absolute Gasteiger partial charge is 0.0778 e. The number of rotatable bonds is 3. The Labute approximate surface area is 181 Å². The molecule has 0 amide bonds. The van der Waals surface area contributed by atoms with Crippen LogP contribution in [0.15, 0.2) is 115 Å². The number of aromatic nitrogens is 1. The second-order valence-corrected chi connectivity index (χ2v) is 7.92. The lowest BCUT2D eigenvalue weighted by atomic mass is 10.0. The Morgan fingerprint density at radius 2 is 1.26 bits per heavy atom. The van der Waals surface area contributed by atoms with Crippen molar-refractivity contribution in [2.75, 3.05) is 11.9 Å². The van der Waals surface area contributed by atoms with E-state index in [1.165, 1.54) is 49.6 Å². The molecule has 5 aromatic carbocycles. The van der Waals surface area contributed by atoms with Crippen LogP contribution in [0.5, 0.6) is 0 Å². The molecule has 31 heavy (non-hydrogen) atoms. The number of anilines is 2. The van der Waals surface area contributed by atoms with Gasteiger partial charge in [0.2, 0.25) is 0 Å². The maximum absolute atomic E-state index is 2.41. The highest BCUT2D eigenvalue weighted by atomic mass is 15.1. The molecule has 0 aliphatic carbocycles. The van der Waals surface area contributed by atoms with Crippen molar-refractivity contribution in [2.24, 2.45) is 0 Å². The summed E-state index contributed by atoms with van der Waals surface area (Å²) in [5, 5.41) is 5.14. The predicted molar refractivity (Wildman–Crippen MR) is 133 cm³/mol. The van der Waals surface area contributed by atoms with Crippen LogP contribution in [0.4, 0.5) is 11.4 Å². The predicted octanol–water partition coefficient (Wildman–Crippen LogP) is 7.70. The quantitative estimate of drug-likeness (QED) is 0.296. The molecule has 0 spiro atoms. The van der Waals surface area contributed by atoms with Crippen LogP contribution in [0.3, 0.4) is 0 Å². The molecule has 1 aromatic heterocycles. The van der Waals surface area contributed by atoms with Crippen LogP contribution in [0.25, 0.3) is 38.3 Å². The van der Waals surface area contributed by atoms with E-state index in [0.29, 0.717) is 0 Å². The van der Waals surface area contributed by atoms with Crippen molar-refractivity contribution < 1.29 is 0 Å². The van der Waals surface area contributed by atoms with Gasteiger partial charge in [0, 0.05) is 29.2 Å². The van der Waals surface area contributed by atoms with Crippen molar-refractivity contribution in [3.8, 4) is 5.69 Å². The molecule has 148 valence electrons. The van der Waals surface area contributed by atoms with Gasteiger partial charge in [0.1, 0.15) is 0 Å². The average Bonchev–Trinajstić information content (AvgIpc) is 3.20. The first-order chi connectivity index (χ1) is 15.3. The first-order valence-corrected chi connectivity index (χ1v) is 10.6. The molecule has 0 aliphatic rings. The highest BCUT2D eigenvalue weighted by molar-refractivity contribution is 6.23. The maximum Gasteiger partial charge on any atom is 0.0778 e. The molecular weight excluding hydrogens is 376 g/mol. The molecule has 0 fully saturated rings. The minimum absolute atomic E-state index is 1.17. The number of hydrogen-bond donors (Lipinski definition) is 0. The van der Waals surface area contributed by atoms with E-state index in [2.05, 4.69) is 132 Å². The average molecular weight is 399 g/mol. The highest BCUT2D eigenvalue weighted by Crippen LogP contribution is 2.41. The van der Waals surface area contributed by atoms with Crippen LogP contribution in [-0.4, -0.2) is 11.6 Å². The van der Waals surface area contributed by atoms with E-state index in [0.717, 1.165) is 0 Å². The number of nitrogens with zero attached hydrogens (tertiary/aromatic N) is 2. The third-order valence-corrected chi connectivity index (χ3v) is 6.17. The molecule has 0 unspecified atom stereocenters. The minimum Gasteiger partial charge on any atom is -0.343 e. The second-order valence-electron chi connectivity index (χ2n) is 7.92. The Morgan fingerprint density at radius 3 is 2.06 bits per heavy atom. The fourth-order valence-electron chi connectivity index (χ4n) is 4.72. The van der Waals surface area contributed by atoms with Crippen molar-refractivity contribution in [1.29, 1.82) is 0 Å². The lowest BCUT2D eigenvalue weighted by Gasteiger charge is -2.22. The van der Waals surface area contributed by atoms with Crippen molar-refractivity contribution in [1.82, 2.24) is 4.57 Å². The first-order valence-electron chi connectivity index (χ1n) is 10.6. The Bertz CT molecular complexity index is 1530. The van der Waals surface area contributed by atoms with Gasteiger partial charge in [-0.05, 0) is 47.2 Å². The van der Waals surface area contributed by atoms with E-state index in [4.69, 9.17) is 0 Å². The fraction of sp³-hybridized carbons (Fsp3) is 0.0345. The van der Waals surface area contributed by atoms with Gasteiger partial charge in [-0.25, -0.2) is 0 Å². The first kappa shape index (κ1) is 17.8. The Hall–Kier alpha value is -4.04. The van der Waals surface area contributed by atoms with Crippen molar-refractivity contribution in [2.45, 2.75) is 0 Å². The van der Waals surface area contributed by atoms with Gasteiger partial charge in [-0.1, -0.05) is 78.9 Å². The Balaban J connectivity index is 1.79. The summed E-state index contributed by atoms with van der Waals surface area (Å²) in [5.74, 6) is 0. The van der Waals surface area contributed by atoms with Crippen molar-refractivity contribution in [3.63, 3.8) is 0 Å².